The average molecular weight is 945 g/mol. The van der Waals surface area contributed by atoms with Crippen molar-refractivity contribution < 1.29 is 24.5 Å². The first kappa shape index (κ1) is 41.0. The van der Waals surface area contributed by atoms with Crippen LogP contribution in [-0.2, 0) is 26.5 Å². The van der Waals surface area contributed by atoms with Gasteiger partial charge in [0, 0.05) is 37.9 Å². The first-order valence-electron chi connectivity index (χ1n) is 20.8. The quantitative estimate of drug-likeness (QED) is 0.118. The summed E-state index contributed by atoms with van der Waals surface area (Å²) in [5.41, 5.74) is 15.1. The number of pyridine rings is 2. The van der Waals surface area contributed by atoms with Crippen molar-refractivity contribution in [2.45, 2.75) is 98.7 Å². The summed E-state index contributed by atoms with van der Waals surface area (Å²) in [7, 11) is -1.34. The van der Waals surface area contributed by atoms with E-state index in [9.17, 15) is 0 Å². The summed E-state index contributed by atoms with van der Waals surface area (Å²) in [5.74, 6) is 3.25. The van der Waals surface area contributed by atoms with Crippen molar-refractivity contribution in [3.63, 3.8) is 0 Å². The maximum Gasteiger partial charge on any atom is 0.121 e. The molecule has 3 fully saturated rings. The van der Waals surface area contributed by atoms with E-state index < -0.39 is 8.07 Å². The Kier molecular flexibility index (Phi) is 12.2. The molecule has 1 atom stereocenters. The van der Waals surface area contributed by atoms with Gasteiger partial charge in [-0.15, -0.1) is 54.1 Å². The molecule has 0 saturated heterocycles. The van der Waals surface area contributed by atoms with E-state index in [4.69, 9.17) is 9.40 Å². The molecule has 5 heteroatoms. The Labute approximate surface area is 355 Å². The number of hydrogen-bond acceptors (Lipinski definition) is 3. The standard InChI is InChI=1S/C35H34NO.C17H22NSi.Ir/c1-21-15-22(2)34(23(3)16-21)27-11-12-29-30-5-4-6-31(35(30)37-33(29)20-27)32-19-25(13-14-36-32)18-28-17-24-7-9-26(28)10-8-24;1-13(2)15-11-16(14-9-7-6-8-10-14)18-12-17(15)19(3,4)5;/h4-5,11-16,19-20,24,26,28H,7-10,17-18H2,1-3H3;6-9,11-13H,1-5H3;/q2*-1;. The van der Waals surface area contributed by atoms with Crippen molar-refractivity contribution in [1.82, 2.24) is 9.97 Å². The zero-order chi connectivity index (χ0) is 39.1. The number of aryl methyl sites for hydroxylation is 3. The zero-order valence-electron chi connectivity index (χ0n) is 34.9. The van der Waals surface area contributed by atoms with Gasteiger partial charge in [-0.1, -0.05) is 110 Å². The van der Waals surface area contributed by atoms with Gasteiger partial charge in [0.2, 0.25) is 0 Å². The molecule has 0 spiro atoms. The summed E-state index contributed by atoms with van der Waals surface area (Å²) >= 11 is 0. The Morgan fingerprint density at radius 3 is 2.23 bits per heavy atom. The summed E-state index contributed by atoms with van der Waals surface area (Å²) in [4.78, 5) is 9.44. The van der Waals surface area contributed by atoms with Crippen molar-refractivity contribution in [2.24, 2.45) is 17.8 Å². The summed E-state index contributed by atoms with van der Waals surface area (Å²) in [6.07, 6.45) is 12.4. The molecule has 7 aromatic rings. The Bertz CT molecular complexity index is 2480. The van der Waals surface area contributed by atoms with Crippen molar-refractivity contribution in [3.05, 3.63) is 137 Å². The van der Waals surface area contributed by atoms with Crippen molar-refractivity contribution >= 4 is 35.2 Å². The van der Waals surface area contributed by atoms with Crippen LogP contribution in [0.25, 0.3) is 55.6 Å². The van der Waals surface area contributed by atoms with E-state index in [1.54, 1.807) is 0 Å². The smallest absolute Gasteiger partial charge is 0.121 e. The zero-order valence-corrected chi connectivity index (χ0v) is 38.3. The number of fused-ring (bicyclic) bond motifs is 6. The SMILES string of the molecule is CC(C)c1cc(-c2[c-]cccc2)ncc1[Si](C)(C)C.Cc1cc(C)c(-c2ccc3c(c2)oc2c(-c4cc(CC5CC6CCC5CC6)ccn4)[c-]ccc23)c(C)c1.[Ir]. The van der Waals surface area contributed by atoms with Gasteiger partial charge in [0.15, 0.2) is 0 Å². The average Bonchev–Trinajstić information content (AvgIpc) is 3.56. The summed E-state index contributed by atoms with van der Waals surface area (Å²) in [6.45, 7) is 18.2. The van der Waals surface area contributed by atoms with Gasteiger partial charge in [0.05, 0.1) is 13.7 Å². The van der Waals surface area contributed by atoms with E-state index in [0.717, 1.165) is 62.2 Å². The number of furan rings is 1. The van der Waals surface area contributed by atoms with Crippen LogP contribution in [0.15, 0.2) is 102 Å². The molecule has 3 saturated carbocycles. The van der Waals surface area contributed by atoms with Gasteiger partial charge >= 0.3 is 0 Å². The van der Waals surface area contributed by atoms with Crippen molar-refractivity contribution in [1.29, 1.82) is 0 Å². The third-order valence-electron chi connectivity index (χ3n) is 12.5. The Balaban J connectivity index is 0.000000211. The van der Waals surface area contributed by atoms with E-state index in [0.29, 0.717) is 5.92 Å². The van der Waals surface area contributed by atoms with Gasteiger partial charge < -0.3 is 14.4 Å². The number of nitrogens with zero attached hydrogens (tertiary/aromatic N) is 2. The third-order valence-corrected chi connectivity index (χ3v) is 14.6. The van der Waals surface area contributed by atoms with Crippen molar-refractivity contribution in [2.75, 3.05) is 0 Å². The van der Waals surface area contributed by atoms with Gasteiger partial charge in [0.1, 0.15) is 5.58 Å². The molecule has 4 aromatic carbocycles. The first-order chi connectivity index (χ1) is 26.9. The second-order valence-corrected chi connectivity index (χ2v) is 23.1. The molecule has 3 aliphatic rings. The van der Waals surface area contributed by atoms with Crippen LogP contribution in [0.3, 0.4) is 0 Å². The normalized spacial score (nSPS) is 17.7. The fourth-order valence-corrected chi connectivity index (χ4v) is 11.5. The molecule has 3 aliphatic carbocycles. The molecule has 1 radical (unpaired) electrons. The van der Waals surface area contributed by atoms with Crippen LogP contribution in [0.5, 0.6) is 0 Å². The van der Waals surface area contributed by atoms with Gasteiger partial charge in [0.25, 0.3) is 0 Å². The van der Waals surface area contributed by atoms with Crippen LogP contribution in [0.4, 0.5) is 0 Å². The van der Waals surface area contributed by atoms with Gasteiger partial charge in [-0.25, -0.2) is 0 Å². The van der Waals surface area contributed by atoms with Crippen LogP contribution < -0.4 is 5.19 Å². The Hall–Kier alpha value is -4.15. The molecule has 10 rings (SSSR count). The maximum atomic E-state index is 6.56. The fraction of sp³-hybridized carbons (Fsp3) is 0.346. The molecule has 0 aliphatic heterocycles. The van der Waals surface area contributed by atoms with Crippen LogP contribution in [-0.4, -0.2) is 18.0 Å². The van der Waals surface area contributed by atoms with Crippen LogP contribution in [0.1, 0.15) is 79.7 Å². The van der Waals surface area contributed by atoms with Gasteiger partial charge in [-0.05, 0) is 121 Å². The van der Waals surface area contributed by atoms with Crippen LogP contribution >= 0.6 is 0 Å². The monoisotopic (exact) mass is 945 g/mol. The maximum absolute atomic E-state index is 6.56. The van der Waals surface area contributed by atoms with Gasteiger partial charge in [-0.3, -0.25) is 0 Å². The number of aromatic nitrogens is 2. The minimum atomic E-state index is -1.34. The van der Waals surface area contributed by atoms with Crippen LogP contribution in [0, 0.1) is 50.7 Å². The number of hydrogen-bond donors (Lipinski definition) is 0. The summed E-state index contributed by atoms with van der Waals surface area (Å²) < 4.78 is 6.56. The Morgan fingerprint density at radius 1 is 0.789 bits per heavy atom. The number of rotatable bonds is 7. The van der Waals surface area contributed by atoms with E-state index in [2.05, 4.69) is 138 Å². The molecule has 3 nitrogen and oxygen atoms in total. The molecule has 2 bridgehead atoms. The minimum Gasteiger partial charge on any atom is -0.501 e. The molecule has 0 N–H and O–H groups in total. The molecule has 295 valence electrons. The van der Waals surface area contributed by atoms with Gasteiger partial charge in [-0.2, -0.15) is 0 Å². The fourth-order valence-electron chi connectivity index (χ4n) is 9.80. The van der Waals surface area contributed by atoms with E-state index in [1.807, 2.05) is 30.5 Å². The molecular formula is C52H56IrN2OSi-2. The van der Waals surface area contributed by atoms with Crippen molar-refractivity contribution in [3.8, 4) is 33.6 Å². The van der Waals surface area contributed by atoms with E-state index >= 15 is 0 Å². The predicted molar refractivity (Wildman–Crippen MR) is 238 cm³/mol. The Morgan fingerprint density at radius 2 is 1.56 bits per heavy atom. The third kappa shape index (κ3) is 8.68. The summed E-state index contributed by atoms with van der Waals surface area (Å²) in [5, 5.41) is 3.75. The first-order valence-corrected chi connectivity index (χ1v) is 24.3. The second kappa shape index (κ2) is 17.0. The second-order valence-electron chi connectivity index (χ2n) is 18.0. The van der Waals surface area contributed by atoms with Crippen LogP contribution in [0.2, 0.25) is 19.6 Å². The summed E-state index contributed by atoms with van der Waals surface area (Å²) in [6, 6.07) is 36.8. The molecule has 3 aromatic heterocycles. The van der Waals surface area contributed by atoms with E-state index in [-0.39, 0.29) is 20.1 Å². The minimum absolute atomic E-state index is 0. The number of benzene rings is 4. The van der Waals surface area contributed by atoms with E-state index in [1.165, 1.54) is 82.7 Å². The molecule has 1 unspecified atom stereocenters. The molecule has 3 heterocycles. The topological polar surface area (TPSA) is 38.9 Å². The largest absolute Gasteiger partial charge is 0.501 e. The molecule has 57 heavy (non-hydrogen) atoms. The molecular weight excluding hydrogens is 889 g/mol. The predicted octanol–water partition coefficient (Wildman–Crippen LogP) is 13.6. The molecule has 0 amide bonds.